The summed E-state index contributed by atoms with van der Waals surface area (Å²) in [4.78, 5) is 29.3. The number of rotatable bonds is 0. The monoisotopic (exact) mass is 223 g/mol. The zero-order valence-electron chi connectivity index (χ0n) is 5.37. The van der Waals surface area contributed by atoms with Crippen LogP contribution in [0.15, 0.2) is 0 Å². The molecule has 0 atom stereocenters. The summed E-state index contributed by atoms with van der Waals surface area (Å²) in [6.07, 6.45) is 0. The van der Waals surface area contributed by atoms with E-state index in [-0.39, 0.29) is 75.0 Å². The molecule has 0 saturated heterocycles. The van der Waals surface area contributed by atoms with Gasteiger partial charge in [0.25, 0.3) is 0 Å². The van der Waals surface area contributed by atoms with Crippen LogP contribution < -0.4 is 0 Å². The third-order valence-corrected chi connectivity index (χ3v) is 0. The summed E-state index contributed by atoms with van der Waals surface area (Å²) in [7, 11) is -4.61. The molecule has 0 rings (SSSR count). The summed E-state index contributed by atoms with van der Waals surface area (Å²) < 4.78 is 0. The minimum Gasteiger partial charge on any atom is -1.00 e. The van der Waals surface area contributed by atoms with Gasteiger partial charge in [0.1, 0.15) is 0 Å². The van der Waals surface area contributed by atoms with Gasteiger partial charge < -0.3 is 22.0 Å². The Hall–Kier alpha value is 2.37. The van der Waals surface area contributed by atoms with E-state index < -0.39 is 9.05 Å². The van der Waals surface area contributed by atoms with Crippen LogP contribution in [0.25, 0.3) is 0 Å². The maximum absolute atomic E-state index is 7.33. The molecule has 0 fully saturated rings. The summed E-state index contributed by atoms with van der Waals surface area (Å²) in [5, 5.41) is 0. The van der Waals surface area contributed by atoms with E-state index >= 15 is 0 Å². The van der Waals surface area contributed by atoms with Crippen LogP contribution in [-0.4, -0.2) is 83.3 Å². The standard InChI is InChI=1S/Al.Ca.Mn.H4O4Si.5H/c;;;1-5(2,3)4;;;;;/h;;;1-4H;;;;;/q;+2;;;;;;2*-1. The Morgan fingerprint density at radius 3 is 1.00 bits per heavy atom. The Kier molecular flexibility index (Phi) is 26.3. The largest absolute Gasteiger partial charge is 2.00 e. The fourth-order valence-corrected chi connectivity index (χ4v) is 0. The van der Waals surface area contributed by atoms with Gasteiger partial charge >= 0.3 is 46.8 Å². The molecule has 1 radical (unpaired) electrons. The van der Waals surface area contributed by atoms with E-state index in [2.05, 4.69) is 0 Å². The molecule has 0 unspecified atom stereocenters. The van der Waals surface area contributed by atoms with Gasteiger partial charge in [0.05, 0.1) is 0 Å². The van der Waals surface area contributed by atoms with Gasteiger partial charge in [0.15, 0.2) is 17.4 Å². The summed E-state index contributed by atoms with van der Waals surface area (Å²) in [5.74, 6) is 0. The normalized spacial score (nSPS) is 7.50. The van der Waals surface area contributed by atoms with Crippen LogP contribution in [-0.2, 0) is 17.1 Å². The van der Waals surface area contributed by atoms with E-state index in [0.29, 0.717) is 0 Å². The molecule has 0 spiro atoms. The van der Waals surface area contributed by atoms with E-state index in [9.17, 15) is 0 Å². The molecule has 0 aromatic carbocycles. The molecule has 0 aliphatic rings. The Morgan fingerprint density at radius 2 is 1.00 bits per heavy atom. The molecule has 0 bridgehead atoms. The first-order valence-electron chi connectivity index (χ1n) is 0.894. The second-order valence-corrected chi connectivity index (χ2v) is 1.80. The summed E-state index contributed by atoms with van der Waals surface area (Å²) in [6.45, 7) is 0. The third-order valence-electron chi connectivity index (χ3n) is 0. The van der Waals surface area contributed by atoms with Crippen LogP contribution in [0.5, 0.6) is 0 Å². The van der Waals surface area contributed by atoms with Crippen LogP contribution in [0.1, 0.15) is 2.85 Å². The number of hydrogen-bond donors (Lipinski definition) is 4. The minimum absolute atomic E-state index is 0. The fourth-order valence-electron chi connectivity index (χ4n) is 0. The molecule has 0 aliphatic carbocycles. The van der Waals surface area contributed by atoms with E-state index in [1.165, 1.54) is 0 Å². The molecule has 49 valence electrons. The Bertz CT molecular complexity index is 38.7. The van der Waals surface area contributed by atoms with Crippen molar-refractivity contribution in [3.63, 3.8) is 0 Å². The summed E-state index contributed by atoms with van der Waals surface area (Å²) in [6, 6.07) is 0. The molecule has 4 nitrogen and oxygen atoms in total. The Labute approximate surface area is 102 Å². The van der Waals surface area contributed by atoms with Gasteiger partial charge in [-0.15, -0.1) is 0 Å². The van der Waals surface area contributed by atoms with Crippen molar-refractivity contribution in [2.75, 3.05) is 0 Å². The smallest absolute Gasteiger partial charge is 1.00 e. The molecule has 0 amide bonds. The maximum atomic E-state index is 7.33. The molecular weight excluding hydrogens is 214 g/mol. The molecule has 0 aliphatic heterocycles. The van der Waals surface area contributed by atoms with Gasteiger partial charge in [-0.05, 0) is 0 Å². The average Bonchev–Trinajstić information content (AvgIpc) is 0.722. The van der Waals surface area contributed by atoms with Crippen LogP contribution in [0, 0.1) is 0 Å². The van der Waals surface area contributed by atoms with E-state index in [0.717, 1.165) is 0 Å². The van der Waals surface area contributed by atoms with E-state index in [1.54, 1.807) is 0 Å². The van der Waals surface area contributed by atoms with Gasteiger partial charge in [0.2, 0.25) is 0 Å². The zero-order valence-corrected chi connectivity index (χ0v) is 7.76. The quantitative estimate of drug-likeness (QED) is 0.316. The predicted molar refractivity (Wildman–Crippen MR) is 32.5 cm³/mol. The van der Waals surface area contributed by atoms with Gasteiger partial charge in [-0.25, -0.2) is 0 Å². The summed E-state index contributed by atoms with van der Waals surface area (Å²) in [5.41, 5.74) is 0. The van der Waals surface area contributed by atoms with Crippen LogP contribution in [0.4, 0.5) is 0 Å². The number of hydrogen-bond acceptors (Lipinski definition) is 4. The fraction of sp³-hybridized carbons (Fsp3) is 0. The van der Waals surface area contributed by atoms with Gasteiger partial charge in [-0.2, -0.15) is 0 Å². The SMILES string of the molecule is O[Si](O)(O)O.[AlH3].[Ca+2].[H-].[H-].[Mn]. The minimum atomic E-state index is -4.61. The zero-order chi connectivity index (χ0) is 4.50. The van der Waals surface area contributed by atoms with Crippen LogP contribution >= 0.6 is 0 Å². The first-order valence-corrected chi connectivity index (χ1v) is 2.68. The molecular formula is H9AlCaMnO4Si. The molecule has 4 N–H and O–H groups in total. The van der Waals surface area contributed by atoms with Gasteiger partial charge in [-0.3, -0.25) is 0 Å². The van der Waals surface area contributed by atoms with Crippen molar-refractivity contribution < 1.29 is 39.1 Å². The second-order valence-electron chi connectivity index (χ2n) is 0.600. The van der Waals surface area contributed by atoms with Crippen molar-refractivity contribution >= 4 is 64.1 Å². The molecule has 0 aromatic heterocycles. The Morgan fingerprint density at radius 1 is 1.00 bits per heavy atom. The van der Waals surface area contributed by atoms with Gasteiger partial charge in [-0.1, -0.05) is 0 Å². The predicted octanol–water partition coefficient (Wildman–Crippen LogP) is -3.95. The third kappa shape index (κ3) is 81.0. The first kappa shape index (κ1) is 22.4. The maximum Gasteiger partial charge on any atom is 2.00 e. The molecule has 8 heavy (non-hydrogen) atoms. The van der Waals surface area contributed by atoms with Crippen molar-refractivity contribution in [2.24, 2.45) is 0 Å². The molecule has 8 heteroatoms. The first-order chi connectivity index (χ1) is 2.00. The van der Waals surface area contributed by atoms with E-state index in [4.69, 9.17) is 19.2 Å². The topological polar surface area (TPSA) is 80.9 Å². The van der Waals surface area contributed by atoms with Crippen LogP contribution in [0.3, 0.4) is 0 Å². The molecule has 0 aromatic rings. The van der Waals surface area contributed by atoms with E-state index in [1.807, 2.05) is 0 Å². The molecule has 0 heterocycles. The van der Waals surface area contributed by atoms with Gasteiger partial charge in [0, 0.05) is 17.1 Å². The average molecular weight is 223 g/mol. The summed E-state index contributed by atoms with van der Waals surface area (Å²) >= 11 is 0. The van der Waals surface area contributed by atoms with Crippen LogP contribution in [0.2, 0.25) is 0 Å². The van der Waals surface area contributed by atoms with Crippen molar-refractivity contribution in [2.45, 2.75) is 0 Å². The second kappa shape index (κ2) is 9.37. The van der Waals surface area contributed by atoms with Crippen molar-refractivity contribution in [1.82, 2.24) is 0 Å². The van der Waals surface area contributed by atoms with Crippen molar-refractivity contribution in [3.05, 3.63) is 0 Å². The van der Waals surface area contributed by atoms with Crippen molar-refractivity contribution in [1.29, 1.82) is 0 Å². The Balaban J connectivity index is -0.00000000800. The van der Waals surface area contributed by atoms with Crippen molar-refractivity contribution in [3.8, 4) is 0 Å². The molecule has 0 saturated carbocycles.